The zero-order valence-electron chi connectivity index (χ0n) is 13.8. The molecule has 136 valence electrons. The molecule has 0 fully saturated rings. The summed E-state index contributed by atoms with van der Waals surface area (Å²) in [5, 5.41) is 36.1. The van der Waals surface area contributed by atoms with Gasteiger partial charge in [-0.25, -0.2) is 4.98 Å². The van der Waals surface area contributed by atoms with Gasteiger partial charge in [0.2, 0.25) is 5.16 Å². The summed E-state index contributed by atoms with van der Waals surface area (Å²) < 4.78 is 0. The zero-order chi connectivity index (χ0) is 18.8. The van der Waals surface area contributed by atoms with Gasteiger partial charge in [0.15, 0.2) is 12.1 Å². The van der Waals surface area contributed by atoms with Crippen LogP contribution >= 0.6 is 11.8 Å². The fourth-order valence-electron chi connectivity index (χ4n) is 2.67. The lowest BCUT2D eigenvalue weighted by molar-refractivity contribution is -0.0186. The molecule has 0 aliphatic carbocycles. The highest BCUT2D eigenvalue weighted by Crippen LogP contribution is 2.32. The molecule has 0 amide bonds. The van der Waals surface area contributed by atoms with Crippen molar-refractivity contribution in [2.75, 3.05) is 5.75 Å². The molecule has 0 aliphatic rings. The van der Waals surface area contributed by atoms with E-state index < -0.39 is 6.29 Å². The van der Waals surface area contributed by atoms with E-state index in [-0.39, 0.29) is 11.4 Å². The largest absolute Gasteiger partial charge is 0.367 e. The average molecular weight is 382 g/mol. The molecule has 0 saturated carbocycles. The summed E-state index contributed by atoms with van der Waals surface area (Å²) in [5.74, 6) is 0.516. The number of aromatic nitrogens is 5. The number of aliphatic hydroxyl groups excluding tert-OH is 1. The second kappa shape index (κ2) is 7.27. The minimum Gasteiger partial charge on any atom is -0.367 e. The SMILES string of the molecule is O=Nc1cc(-c2ccc3cn[nH]c3c2)cc(-c2nc(SCC(O)O)n[nH]2)c1. The van der Waals surface area contributed by atoms with Gasteiger partial charge in [-0.2, -0.15) is 5.10 Å². The zero-order valence-corrected chi connectivity index (χ0v) is 14.6. The van der Waals surface area contributed by atoms with Crippen LogP contribution in [0.15, 0.2) is 52.9 Å². The molecule has 0 radical (unpaired) electrons. The molecule has 27 heavy (non-hydrogen) atoms. The molecule has 4 rings (SSSR count). The summed E-state index contributed by atoms with van der Waals surface area (Å²) in [4.78, 5) is 15.5. The summed E-state index contributed by atoms with van der Waals surface area (Å²) in [6.07, 6.45) is 0.300. The van der Waals surface area contributed by atoms with Gasteiger partial charge in [-0.3, -0.25) is 10.2 Å². The first kappa shape index (κ1) is 17.3. The second-order valence-electron chi connectivity index (χ2n) is 5.79. The van der Waals surface area contributed by atoms with Crippen molar-refractivity contribution in [2.24, 2.45) is 5.18 Å². The van der Waals surface area contributed by atoms with Crippen LogP contribution in [0.5, 0.6) is 0 Å². The normalized spacial score (nSPS) is 11.4. The molecule has 10 heteroatoms. The Labute approximate surface area is 156 Å². The van der Waals surface area contributed by atoms with E-state index >= 15 is 0 Å². The summed E-state index contributed by atoms with van der Waals surface area (Å²) in [5.41, 5.74) is 3.50. The van der Waals surface area contributed by atoms with E-state index in [0.29, 0.717) is 16.5 Å². The standard InChI is InChI=1S/C17H14N6O3S/c24-15(25)8-27-17-19-16(21-22-17)12-3-11(4-13(5-12)23-26)9-1-2-10-7-18-20-14(10)6-9/h1-7,15,24-25H,8H2,(H,18,20)(H,19,21,22). The van der Waals surface area contributed by atoms with Gasteiger partial charge in [-0.05, 0) is 40.6 Å². The molecule has 0 spiro atoms. The summed E-state index contributed by atoms with van der Waals surface area (Å²) in [7, 11) is 0. The van der Waals surface area contributed by atoms with Gasteiger partial charge < -0.3 is 10.2 Å². The number of H-pyrrole nitrogens is 2. The van der Waals surface area contributed by atoms with Gasteiger partial charge in [0, 0.05) is 10.9 Å². The van der Waals surface area contributed by atoms with E-state index in [1.807, 2.05) is 24.3 Å². The minimum absolute atomic E-state index is 0.0582. The van der Waals surface area contributed by atoms with Crippen molar-refractivity contribution >= 4 is 28.4 Å². The molecular formula is C17H14N6O3S. The number of aliphatic hydroxyl groups is 2. The lowest BCUT2D eigenvalue weighted by atomic mass is 10.0. The van der Waals surface area contributed by atoms with Gasteiger partial charge in [0.25, 0.3) is 0 Å². The highest BCUT2D eigenvalue weighted by Gasteiger charge is 2.12. The van der Waals surface area contributed by atoms with E-state index in [9.17, 15) is 4.91 Å². The average Bonchev–Trinajstić information content (AvgIpc) is 3.34. The quantitative estimate of drug-likeness (QED) is 0.228. The van der Waals surface area contributed by atoms with Crippen LogP contribution in [0, 0.1) is 4.91 Å². The molecule has 2 aromatic heterocycles. The number of fused-ring (bicyclic) bond motifs is 1. The van der Waals surface area contributed by atoms with Crippen molar-refractivity contribution in [3.63, 3.8) is 0 Å². The van der Waals surface area contributed by atoms with Gasteiger partial charge in [-0.1, -0.05) is 23.9 Å². The smallest absolute Gasteiger partial charge is 0.208 e. The topological polar surface area (TPSA) is 140 Å². The molecule has 2 aromatic carbocycles. The van der Waals surface area contributed by atoms with Crippen LogP contribution in [0.4, 0.5) is 5.69 Å². The number of hydrogen-bond acceptors (Lipinski definition) is 8. The molecule has 4 N–H and O–H groups in total. The first-order valence-corrected chi connectivity index (χ1v) is 8.94. The Balaban J connectivity index is 1.71. The van der Waals surface area contributed by atoms with Crippen LogP contribution in [0.2, 0.25) is 0 Å². The summed E-state index contributed by atoms with van der Waals surface area (Å²) in [6.45, 7) is 0. The van der Waals surface area contributed by atoms with Crippen molar-refractivity contribution in [3.8, 4) is 22.5 Å². The maximum absolute atomic E-state index is 11.2. The molecule has 4 aromatic rings. The molecule has 0 saturated heterocycles. The van der Waals surface area contributed by atoms with E-state index in [1.54, 1.807) is 18.3 Å². The number of hydrogen-bond donors (Lipinski definition) is 4. The summed E-state index contributed by atoms with van der Waals surface area (Å²) in [6, 6.07) is 11.0. The fourth-order valence-corrected chi connectivity index (χ4v) is 3.24. The van der Waals surface area contributed by atoms with Gasteiger partial charge in [0.1, 0.15) is 5.69 Å². The lowest BCUT2D eigenvalue weighted by Crippen LogP contribution is -2.07. The fraction of sp³-hybridized carbons (Fsp3) is 0.118. The third-order valence-electron chi connectivity index (χ3n) is 3.90. The summed E-state index contributed by atoms with van der Waals surface area (Å²) >= 11 is 1.11. The monoisotopic (exact) mass is 382 g/mol. The Bertz CT molecular complexity index is 1110. The maximum Gasteiger partial charge on any atom is 0.208 e. The van der Waals surface area contributed by atoms with Crippen molar-refractivity contribution < 1.29 is 10.2 Å². The Kier molecular flexibility index (Phi) is 4.67. The van der Waals surface area contributed by atoms with Crippen molar-refractivity contribution in [3.05, 3.63) is 47.5 Å². The number of rotatable bonds is 6. The van der Waals surface area contributed by atoms with Gasteiger partial charge in [0.05, 0.1) is 17.5 Å². The third kappa shape index (κ3) is 3.72. The molecule has 9 nitrogen and oxygen atoms in total. The Hall–Kier alpha value is -3.08. The molecular weight excluding hydrogens is 368 g/mol. The van der Waals surface area contributed by atoms with Crippen LogP contribution in [-0.4, -0.2) is 47.6 Å². The molecule has 2 heterocycles. The first-order valence-electron chi connectivity index (χ1n) is 7.96. The third-order valence-corrected chi connectivity index (χ3v) is 4.80. The number of benzene rings is 2. The van der Waals surface area contributed by atoms with Crippen LogP contribution < -0.4 is 0 Å². The van der Waals surface area contributed by atoms with E-state index in [4.69, 9.17) is 10.2 Å². The van der Waals surface area contributed by atoms with E-state index in [2.05, 4.69) is 30.6 Å². The van der Waals surface area contributed by atoms with Crippen LogP contribution in [0.3, 0.4) is 0 Å². The van der Waals surface area contributed by atoms with E-state index in [0.717, 1.165) is 33.8 Å². The lowest BCUT2D eigenvalue weighted by Gasteiger charge is -2.05. The Morgan fingerprint density at radius 3 is 2.74 bits per heavy atom. The highest BCUT2D eigenvalue weighted by molar-refractivity contribution is 7.99. The highest BCUT2D eigenvalue weighted by atomic mass is 32.2. The number of nitroso groups, excluding NO2 is 1. The molecule has 0 aliphatic heterocycles. The van der Waals surface area contributed by atoms with Gasteiger partial charge in [-0.15, -0.1) is 10.0 Å². The van der Waals surface area contributed by atoms with Crippen LogP contribution in [-0.2, 0) is 0 Å². The molecule has 0 bridgehead atoms. The Morgan fingerprint density at radius 2 is 1.93 bits per heavy atom. The molecule has 0 unspecified atom stereocenters. The number of nitrogens with one attached hydrogen (secondary N) is 2. The number of thioether (sulfide) groups is 1. The predicted octanol–water partition coefficient (Wildman–Crippen LogP) is 2.82. The van der Waals surface area contributed by atoms with Crippen LogP contribution in [0.1, 0.15) is 0 Å². The minimum atomic E-state index is -1.44. The van der Waals surface area contributed by atoms with Crippen molar-refractivity contribution in [2.45, 2.75) is 11.4 Å². The maximum atomic E-state index is 11.2. The van der Waals surface area contributed by atoms with Gasteiger partial charge >= 0.3 is 0 Å². The first-order chi connectivity index (χ1) is 13.1. The number of aromatic amines is 2. The second-order valence-corrected chi connectivity index (χ2v) is 6.78. The van der Waals surface area contributed by atoms with E-state index in [1.165, 1.54) is 0 Å². The molecule has 0 atom stereocenters. The predicted molar refractivity (Wildman–Crippen MR) is 101 cm³/mol. The number of nitrogens with zero attached hydrogens (tertiary/aromatic N) is 4. The van der Waals surface area contributed by atoms with Crippen molar-refractivity contribution in [1.82, 2.24) is 25.4 Å². The van der Waals surface area contributed by atoms with Crippen molar-refractivity contribution in [1.29, 1.82) is 0 Å². The Morgan fingerprint density at radius 1 is 1.07 bits per heavy atom. The van der Waals surface area contributed by atoms with Crippen LogP contribution in [0.25, 0.3) is 33.4 Å².